The van der Waals surface area contributed by atoms with Gasteiger partial charge in [-0.3, -0.25) is 11.7 Å². The molecular formula is C12H21N3. The van der Waals surface area contributed by atoms with Crippen LogP contribution >= 0.6 is 0 Å². The first-order chi connectivity index (χ1) is 7.29. The van der Waals surface area contributed by atoms with Gasteiger partial charge in [-0.05, 0) is 26.1 Å². The minimum atomic E-state index is 1.11. The molecule has 0 saturated heterocycles. The summed E-state index contributed by atoms with van der Waals surface area (Å²) in [6.07, 6.45) is 5.50. The van der Waals surface area contributed by atoms with Gasteiger partial charge in [0.25, 0.3) is 0 Å². The van der Waals surface area contributed by atoms with Crippen LogP contribution < -0.4 is 11.7 Å². The van der Waals surface area contributed by atoms with Crippen molar-refractivity contribution in [1.82, 2.24) is 4.90 Å². The fourth-order valence-electron chi connectivity index (χ4n) is 1.12. The molecule has 84 valence electrons. The Labute approximate surface area is 92.3 Å². The Bertz CT molecular complexity index is 255. The van der Waals surface area contributed by atoms with Crippen LogP contribution in [0.15, 0.2) is 36.4 Å². The summed E-state index contributed by atoms with van der Waals surface area (Å²) in [4.78, 5) is 2.19. The van der Waals surface area contributed by atoms with E-state index in [0.29, 0.717) is 0 Å². The maximum atomic E-state index is 4.00. The van der Waals surface area contributed by atoms with Gasteiger partial charge in [0.2, 0.25) is 0 Å². The van der Waals surface area contributed by atoms with Crippen molar-refractivity contribution in [3.63, 3.8) is 0 Å². The lowest BCUT2D eigenvalue weighted by atomic mass is 10.2. The van der Waals surface area contributed by atoms with Crippen LogP contribution in [0, 0.1) is 0 Å². The monoisotopic (exact) mass is 207 g/mol. The van der Waals surface area contributed by atoms with Crippen LogP contribution in [-0.4, -0.2) is 25.5 Å². The number of hydrazine groups is 1. The van der Waals surface area contributed by atoms with Crippen molar-refractivity contribution >= 4 is 6.08 Å². The summed E-state index contributed by atoms with van der Waals surface area (Å²) in [7, 11) is 4.19. The Kier molecular flexibility index (Phi) is 8.67. The van der Waals surface area contributed by atoms with Crippen molar-refractivity contribution in [2.75, 3.05) is 20.6 Å². The topological polar surface area (TPSA) is 55.3 Å². The highest BCUT2D eigenvalue weighted by atomic mass is 15.0. The molecule has 0 atom stereocenters. The van der Waals surface area contributed by atoms with E-state index in [1.165, 1.54) is 5.56 Å². The highest BCUT2D eigenvalue weighted by molar-refractivity contribution is 5.48. The van der Waals surface area contributed by atoms with Crippen LogP contribution in [0.4, 0.5) is 0 Å². The summed E-state index contributed by atoms with van der Waals surface area (Å²) in [5.74, 6) is 8.00. The molecule has 0 fully saturated rings. The summed E-state index contributed by atoms with van der Waals surface area (Å²) in [6, 6.07) is 10.4. The summed E-state index contributed by atoms with van der Waals surface area (Å²) in [5, 5.41) is 0. The average molecular weight is 207 g/mol. The molecule has 0 aliphatic rings. The fourth-order valence-corrected chi connectivity index (χ4v) is 1.12. The molecule has 0 aromatic heterocycles. The van der Waals surface area contributed by atoms with Gasteiger partial charge in [-0.25, -0.2) is 0 Å². The molecule has 0 unspecified atom stereocenters. The third-order valence-corrected chi connectivity index (χ3v) is 1.85. The van der Waals surface area contributed by atoms with Gasteiger partial charge in [0.15, 0.2) is 0 Å². The Morgan fingerprint density at radius 3 is 2.27 bits per heavy atom. The van der Waals surface area contributed by atoms with Gasteiger partial charge in [-0.1, -0.05) is 42.5 Å². The predicted octanol–water partition coefficient (Wildman–Crippen LogP) is 1.47. The van der Waals surface area contributed by atoms with E-state index in [0.717, 1.165) is 13.0 Å². The number of hydrogen-bond donors (Lipinski definition) is 2. The van der Waals surface area contributed by atoms with Crippen LogP contribution in [0.3, 0.4) is 0 Å². The fraction of sp³-hybridized carbons (Fsp3) is 0.333. The average Bonchev–Trinajstić information content (AvgIpc) is 2.28. The van der Waals surface area contributed by atoms with E-state index < -0.39 is 0 Å². The zero-order valence-corrected chi connectivity index (χ0v) is 9.56. The molecule has 0 amide bonds. The molecule has 3 heteroatoms. The molecule has 0 aliphatic carbocycles. The first kappa shape index (κ1) is 13.8. The van der Waals surface area contributed by atoms with Crippen molar-refractivity contribution in [3.05, 3.63) is 42.0 Å². The van der Waals surface area contributed by atoms with E-state index in [1.807, 2.05) is 6.07 Å². The van der Waals surface area contributed by atoms with Gasteiger partial charge in [0.1, 0.15) is 0 Å². The lowest BCUT2D eigenvalue weighted by Gasteiger charge is -2.05. The Hall–Kier alpha value is -1.16. The molecule has 0 bridgehead atoms. The summed E-state index contributed by atoms with van der Waals surface area (Å²) < 4.78 is 0. The summed E-state index contributed by atoms with van der Waals surface area (Å²) >= 11 is 0. The van der Waals surface area contributed by atoms with Gasteiger partial charge < -0.3 is 4.90 Å². The van der Waals surface area contributed by atoms with Crippen molar-refractivity contribution in [2.24, 2.45) is 11.7 Å². The largest absolute Gasteiger partial charge is 0.309 e. The van der Waals surface area contributed by atoms with Crippen molar-refractivity contribution in [3.8, 4) is 0 Å². The molecule has 15 heavy (non-hydrogen) atoms. The van der Waals surface area contributed by atoms with Gasteiger partial charge in [-0.15, -0.1) is 0 Å². The van der Waals surface area contributed by atoms with Crippen LogP contribution in [0.25, 0.3) is 6.08 Å². The van der Waals surface area contributed by atoms with Gasteiger partial charge in [0.05, 0.1) is 0 Å². The summed E-state index contributed by atoms with van der Waals surface area (Å²) in [5.41, 5.74) is 1.28. The molecule has 0 heterocycles. The second-order valence-corrected chi connectivity index (χ2v) is 3.41. The second-order valence-electron chi connectivity index (χ2n) is 3.41. The van der Waals surface area contributed by atoms with E-state index in [2.05, 4.69) is 67.1 Å². The van der Waals surface area contributed by atoms with Crippen LogP contribution in [-0.2, 0) is 0 Å². The minimum Gasteiger partial charge on any atom is -0.309 e. The quantitative estimate of drug-likeness (QED) is 0.580. The van der Waals surface area contributed by atoms with Crippen molar-refractivity contribution in [1.29, 1.82) is 0 Å². The number of nitrogens with zero attached hydrogens (tertiary/aromatic N) is 1. The highest BCUT2D eigenvalue weighted by Gasteiger charge is 1.85. The first-order valence-corrected chi connectivity index (χ1v) is 4.98. The highest BCUT2D eigenvalue weighted by Crippen LogP contribution is 2.01. The smallest absolute Gasteiger partial charge is 0.000992 e. The number of hydrogen-bond acceptors (Lipinski definition) is 3. The van der Waals surface area contributed by atoms with Crippen molar-refractivity contribution < 1.29 is 0 Å². The SMILES string of the molecule is CN(C)CCC=Cc1ccccc1.NN. The predicted molar refractivity (Wildman–Crippen MR) is 67.0 cm³/mol. The van der Waals surface area contributed by atoms with E-state index in [9.17, 15) is 0 Å². The van der Waals surface area contributed by atoms with Crippen LogP contribution in [0.1, 0.15) is 12.0 Å². The van der Waals surface area contributed by atoms with E-state index in [4.69, 9.17) is 0 Å². The Balaban J connectivity index is 0.000000921. The van der Waals surface area contributed by atoms with Crippen LogP contribution in [0.5, 0.6) is 0 Å². The third-order valence-electron chi connectivity index (χ3n) is 1.85. The number of rotatable bonds is 4. The number of nitrogens with two attached hydrogens (primary N) is 2. The van der Waals surface area contributed by atoms with Gasteiger partial charge in [0, 0.05) is 6.54 Å². The zero-order valence-electron chi connectivity index (χ0n) is 9.56. The molecule has 4 N–H and O–H groups in total. The number of benzene rings is 1. The maximum Gasteiger partial charge on any atom is 0.000992 e. The lowest BCUT2D eigenvalue weighted by Crippen LogP contribution is -2.11. The molecule has 1 rings (SSSR count). The maximum absolute atomic E-state index is 4.00. The molecule has 0 saturated carbocycles. The van der Waals surface area contributed by atoms with E-state index >= 15 is 0 Å². The standard InChI is InChI=1S/C12H17N.H4N2/c1-13(2)11-7-6-10-12-8-4-3-5-9-12;1-2/h3-6,8-10H,7,11H2,1-2H3;1-2H2. The molecule has 1 aromatic carbocycles. The Morgan fingerprint density at radius 2 is 1.73 bits per heavy atom. The first-order valence-electron chi connectivity index (χ1n) is 4.98. The van der Waals surface area contributed by atoms with E-state index in [-0.39, 0.29) is 0 Å². The third kappa shape index (κ3) is 7.88. The summed E-state index contributed by atoms with van der Waals surface area (Å²) in [6.45, 7) is 1.11. The second kappa shape index (κ2) is 9.40. The van der Waals surface area contributed by atoms with Crippen molar-refractivity contribution in [2.45, 2.75) is 6.42 Å². The molecule has 0 spiro atoms. The van der Waals surface area contributed by atoms with E-state index in [1.54, 1.807) is 0 Å². The normalized spacial score (nSPS) is 10.2. The molecule has 0 aliphatic heterocycles. The molecular weight excluding hydrogens is 186 g/mol. The van der Waals surface area contributed by atoms with Gasteiger partial charge >= 0.3 is 0 Å². The minimum absolute atomic E-state index is 1.11. The van der Waals surface area contributed by atoms with Gasteiger partial charge in [-0.2, -0.15) is 0 Å². The zero-order chi connectivity index (χ0) is 11.5. The molecule has 3 nitrogen and oxygen atoms in total. The van der Waals surface area contributed by atoms with Crippen LogP contribution in [0.2, 0.25) is 0 Å². The molecule has 0 radical (unpaired) electrons. The lowest BCUT2D eigenvalue weighted by molar-refractivity contribution is 0.417. The molecule has 1 aromatic rings. The Morgan fingerprint density at radius 1 is 1.13 bits per heavy atom.